The van der Waals surface area contributed by atoms with E-state index in [1.807, 2.05) is 30.3 Å². The van der Waals surface area contributed by atoms with Gasteiger partial charge >= 0.3 is 18.2 Å². The third-order valence-corrected chi connectivity index (χ3v) is 4.65. The molecule has 0 aliphatic rings. The molecule has 2 amide bonds. The van der Waals surface area contributed by atoms with E-state index < -0.39 is 29.8 Å². The number of nitrogens with one attached hydrogen (secondary N) is 2. The molecular weight excluding hydrogens is 470 g/mol. The van der Waals surface area contributed by atoms with E-state index in [1.54, 1.807) is 20.8 Å². The average Bonchev–Trinajstić information content (AvgIpc) is 2.81. The van der Waals surface area contributed by atoms with Gasteiger partial charge in [-0.05, 0) is 69.9 Å². The van der Waals surface area contributed by atoms with Crippen LogP contribution in [-0.4, -0.2) is 41.6 Å². The smallest absolute Gasteiger partial charge is 0.408 e. The minimum Gasteiger partial charge on any atom is -0.733 e. The number of carbonyl (C=O) groups is 3. The molecule has 2 aromatic carbocycles. The van der Waals surface area contributed by atoms with Crippen molar-refractivity contribution in [1.82, 2.24) is 10.6 Å². The van der Waals surface area contributed by atoms with Gasteiger partial charge in [-0.1, -0.05) is 30.3 Å². The molecule has 0 aliphatic carbocycles. The van der Waals surface area contributed by atoms with E-state index in [0.29, 0.717) is 19.4 Å². The van der Waals surface area contributed by atoms with Crippen LogP contribution in [0.1, 0.15) is 45.6 Å². The van der Waals surface area contributed by atoms with Crippen molar-refractivity contribution in [2.45, 2.75) is 58.3 Å². The summed E-state index contributed by atoms with van der Waals surface area (Å²) < 4.78 is 15.7. The number of nitrogens with zero attached hydrogens (tertiary/aromatic N) is 1. The zero-order chi connectivity index (χ0) is 26.6. The number of anilines is 1. The van der Waals surface area contributed by atoms with E-state index in [2.05, 4.69) is 10.6 Å². The van der Waals surface area contributed by atoms with Gasteiger partial charge in [0, 0.05) is 6.54 Å². The third kappa shape index (κ3) is 11.1. The number of alkyl carbamates (subject to hydrolysis) is 2. The maximum Gasteiger partial charge on any atom is 0.408 e. The van der Waals surface area contributed by atoms with Crippen molar-refractivity contribution in [3.8, 4) is 5.75 Å². The number of hydrogen-bond acceptors (Lipinski definition) is 9. The normalized spacial score (nSPS) is 11.7. The highest BCUT2D eigenvalue weighted by Crippen LogP contribution is 2.19. The Bertz CT molecular complexity index is 975. The van der Waals surface area contributed by atoms with E-state index in [-0.39, 0.29) is 29.7 Å². The van der Waals surface area contributed by atoms with Crippen molar-refractivity contribution in [3.05, 3.63) is 65.4 Å². The number of carbonyl (C=O) groups excluding carboxylic acids is 3. The van der Waals surface area contributed by atoms with Crippen LogP contribution in [-0.2, 0) is 20.9 Å². The molecule has 11 nitrogen and oxygen atoms in total. The summed E-state index contributed by atoms with van der Waals surface area (Å²) in [5.41, 5.74) is 0.0824. The van der Waals surface area contributed by atoms with Crippen LogP contribution in [0, 0.1) is 5.21 Å². The Kier molecular flexibility index (Phi) is 11.0. The highest BCUT2D eigenvalue weighted by molar-refractivity contribution is 5.83. The van der Waals surface area contributed by atoms with Crippen molar-refractivity contribution in [2.24, 2.45) is 0 Å². The summed E-state index contributed by atoms with van der Waals surface area (Å²) in [6.07, 6.45) is -0.107. The topological polar surface area (TPSA) is 149 Å². The first kappa shape index (κ1) is 28.4. The molecule has 0 heterocycles. The zero-order valence-electron chi connectivity index (χ0n) is 20.6. The Hall–Kier alpha value is -3.83. The van der Waals surface area contributed by atoms with Gasteiger partial charge in [-0.25, -0.2) is 14.4 Å². The van der Waals surface area contributed by atoms with Crippen molar-refractivity contribution < 1.29 is 33.8 Å². The summed E-state index contributed by atoms with van der Waals surface area (Å²) in [7, 11) is 0. The van der Waals surface area contributed by atoms with Gasteiger partial charge in [0.2, 0.25) is 0 Å². The van der Waals surface area contributed by atoms with E-state index >= 15 is 0 Å². The van der Waals surface area contributed by atoms with Crippen LogP contribution < -0.4 is 20.6 Å². The van der Waals surface area contributed by atoms with Gasteiger partial charge in [0.25, 0.3) is 0 Å². The standard InChI is InChI=1S/C25H32N3O8/c1-25(2,3)36-24(31)27-21(22(29)35-20-14-12-19(13-15-20)28(32)33)11-7-8-16-26-23(30)34-17-18-9-5-4-6-10-18/h4-6,9-10,12-15,21,32H,7-8,11,16-17H2,1-3H3,(H,26,30)(H,27,31)/q-1/t21-/m0/s1. The lowest BCUT2D eigenvalue weighted by Gasteiger charge is -2.23. The summed E-state index contributed by atoms with van der Waals surface area (Å²) in [5, 5.41) is 24.7. The molecule has 0 fully saturated rings. The number of ether oxygens (including phenoxy) is 3. The second kappa shape index (κ2) is 13.9. The lowest BCUT2D eigenvalue weighted by atomic mass is 10.1. The Morgan fingerprint density at radius 2 is 1.67 bits per heavy atom. The molecule has 196 valence electrons. The van der Waals surface area contributed by atoms with Crippen LogP contribution in [0.25, 0.3) is 0 Å². The fourth-order valence-corrected chi connectivity index (χ4v) is 2.97. The van der Waals surface area contributed by atoms with Gasteiger partial charge < -0.3 is 35.3 Å². The van der Waals surface area contributed by atoms with E-state index in [9.17, 15) is 19.6 Å². The summed E-state index contributed by atoms with van der Waals surface area (Å²) in [6.45, 7) is 5.57. The van der Waals surface area contributed by atoms with Gasteiger partial charge in [0.15, 0.2) is 0 Å². The lowest BCUT2D eigenvalue weighted by molar-refractivity contribution is -0.137. The molecule has 0 bridgehead atoms. The lowest BCUT2D eigenvalue weighted by Crippen LogP contribution is -2.45. The first-order valence-electron chi connectivity index (χ1n) is 11.5. The molecule has 11 heteroatoms. The largest absolute Gasteiger partial charge is 0.733 e. The van der Waals surface area contributed by atoms with Gasteiger partial charge in [-0.3, -0.25) is 5.21 Å². The van der Waals surface area contributed by atoms with E-state index in [1.165, 1.54) is 24.3 Å². The maximum absolute atomic E-state index is 12.7. The van der Waals surface area contributed by atoms with Crippen LogP contribution in [0.15, 0.2) is 54.6 Å². The number of hydrogen-bond donors (Lipinski definition) is 3. The van der Waals surface area contributed by atoms with Crippen LogP contribution in [0.5, 0.6) is 5.75 Å². The summed E-state index contributed by atoms with van der Waals surface area (Å²) in [5.74, 6) is -0.601. The van der Waals surface area contributed by atoms with Gasteiger partial charge in [-0.2, -0.15) is 0 Å². The first-order chi connectivity index (χ1) is 17.0. The van der Waals surface area contributed by atoms with Gasteiger partial charge in [0.1, 0.15) is 24.0 Å². The molecule has 0 aliphatic heterocycles. The minimum atomic E-state index is -1.02. The molecule has 0 aromatic heterocycles. The van der Waals surface area contributed by atoms with Gasteiger partial charge in [-0.15, -0.1) is 0 Å². The number of amides is 2. The highest BCUT2D eigenvalue weighted by atomic mass is 16.8. The van der Waals surface area contributed by atoms with Gasteiger partial charge in [0.05, 0.1) is 5.69 Å². The summed E-state index contributed by atoms with van der Waals surface area (Å²) >= 11 is 0. The number of unbranched alkanes of at least 4 members (excludes halogenated alkanes) is 1. The van der Waals surface area contributed by atoms with Crippen LogP contribution >= 0.6 is 0 Å². The Morgan fingerprint density at radius 3 is 2.28 bits per heavy atom. The molecule has 0 unspecified atom stereocenters. The average molecular weight is 503 g/mol. The predicted molar refractivity (Wildman–Crippen MR) is 131 cm³/mol. The molecule has 0 radical (unpaired) electrons. The molecule has 1 atom stereocenters. The second-order valence-electron chi connectivity index (χ2n) is 8.87. The first-order valence-corrected chi connectivity index (χ1v) is 11.5. The Morgan fingerprint density at radius 1 is 1.00 bits per heavy atom. The van der Waals surface area contributed by atoms with Crippen LogP contribution in [0.2, 0.25) is 0 Å². The summed E-state index contributed by atoms with van der Waals surface area (Å²) in [4.78, 5) is 36.8. The molecule has 0 saturated carbocycles. The fraction of sp³-hybridized carbons (Fsp3) is 0.400. The third-order valence-electron chi connectivity index (χ3n) is 4.65. The van der Waals surface area contributed by atoms with Crippen LogP contribution in [0.4, 0.5) is 15.3 Å². The minimum absolute atomic E-state index is 0.0342. The van der Waals surface area contributed by atoms with E-state index in [4.69, 9.17) is 19.4 Å². The van der Waals surface area contributed by atoms with Crippen molar-refractivity contribution >= 4 is 23.8 Å². The fourth-order valence-electron chi connectivity index (χ4n) is 2.97. The molecule has 2 aromatic rings. The Labute approximate surface area is 209 Å². The van der Waals surface area contributed by atoms with E-state index in [0.717, 1.165) is 5.56 Å². The van der Waals surface area contributed by atoms with Crippen molar-refractivity contribution in [1.29, 1.82) is 0 Å². The number of rotatable bonds is 11. The zero-order valence-corrected chi connectivity index (χ0v) is 20.6. The predicted octanol–water partition coefficient (Wildman–Crippen LogP) is 4.28. The molecule has 0 saturated heterocycles. The SMILES string of the molecule is CC(C)(C)OC(=O)N[C@@H](CCCCNC(=O)OCc1ccccc1)C(=O)Oc1ccc(N([O-])O)cc1. The maximum atomic E-state index is 12.7. The molecule has 36 heavy (non-hydrogen) atoms. The van der Waals surface area contributed by atoms with Crippen molar-refractivity contribution in [3.63, 3.8) is 0 Å². The second-order valence-corrected chi connectivity index (χ2v) is 8.87. The summed E-state index contributed by atoms with van der Waals surface area (Å²) in [6, 6.07) is 13.5. The quantitative estimate of drug-likeness (QED) is 0.177. The number of benzene rings is 2. The molecule has 0 spiro atoms. The molecule has 2 rings (SSSR count). The molecule has 3 N–H and O–H groups in total. The number of esters is 1. The van der Waals surface area contributed by atoms with Crippen molar-refractivity contribution in [2.75, 3.05) is 11.8 Å². The molecular formula is C25H32N3O8-. The Balaban J connectivity index is 1.84. The van der Waals surface area contributed by atoms with Crippen LogP contribution in [0.3, 0.4) is 0 Å². The monoisotopic (exact) mass is 502 g/mol. The highest BCUT2D eigenvalue weighted by Gasteiger charge is 2.25.